The molecule has 0 aromatic heterocycles. The summed E-state index contributed by atoms with van der Waals surface area (Å²) < 4.78 is 0. The van der Waals surface area contributed by atoms with Gasteiger partial charge in [-0.2, -0.15) is 0 Å². The summed E-state index contributed by atoms with van der Waals surface area (Å²) in [6.07, 6.45) is 5.22. The molecule has 1 heterocycles. The molecule has 2 aliphatic rings. The van der Waals surface area contributed by atoms with E-state index in [9.17, 15) is 0 Å². The van der Waals surface area contributed by atoms with Crippen molar-refractivity contribution in [2.75, 3.05) is 39.8 Å². The maximum atomic E-state index is 6.29. The molecule has 3 heteroatoms. The van der Waals surface area contributed by atoms with Crippen LogP contribution >= 0.6 is 0 Å². The molecule has 0 aromatic carbocycles. The van der Waals surface area contributed by atoms with Crippen molar-refractivity contribution in [1.29, 1.82) is 0 Å². The molecule has 17 heavy (non-hydrogen) atoms. The fraction of sp³-hybridized carbons (Fsp3) is 1.00. The first-order valence-corrected chi connectivity index (χ1v) is 7.31. The van der Waals surface area contributed by atoms with E-state index < -0.39 is 0 Å². The molecule has 100 valence electrons. The zero-order valence-electron chi connectivity index (χ0n) is 11.6. The Bertz CT molecular complexity index is 232. The first kappa shape index (κ1) is 13.3. The van der Waals surface area contributed by atoms with Gasteiger partial charge in [0.15, 0.2) is 0 Å². The van der Waals surface area contributed by atoms with Crippen molar-refractivity contribution in [3.05, 3.63) is 0 Å². The molecule has 1 saturated carbocycles. The minimum Gasteiger partial charge on any atom is -0.327 e. The largest absolute Gasteiger partial charge is 0.327 e. The average molecular weight is 239 g/mol. The lowest BCUT2D eigenvalue weighted by molar-refractivity contribution is 0.164. The van der Waals surface area contributed by atoms with Crippen molar-refractivity contribution in [3.8, 4) is 0 Å². The van der Waals surface area contributed by atoms with Crippen LogP contribution in [-0.2, 0) is 0 Å². The number of likely N-dealkylation sites (N-methyl/N-ethyl adjacent to an activating group) is 1. The summed E-state index contributed by atoms with van der Waals surface area (Å²) in [4.78, 5) is 5.09. The Morgan fingerprint density at radius 2 is 1.94 bits per heavy atom. The minimum absolute atomic E-state index is 0.451. The van der Waals surface area contributed by atoms with Gasteiger partial charge in [0.2, 0.25) is 0 Å². The van der Waals surface area contributed by atoms with Gasteiger partial charge in [-0.25, -0.2) is 0 Å². The van der Waals surface area contributed by atoms with E-state index in [0.29, 0.717) is 6.04 Å². The van der Waals surface area contributed by atoms with Crippen molar-refractivity contribution < 1.29 is 0 Å². The van der Waals surface area contributed by atoms with E-state index >= 15 is 0 Å². The molecule has 1 aliphatic heterocycles. The number of hydrogen-bond donors (Lipinski definition) is 1. The summed E-state index contributed by atoms with van der Waals surface area (Å²) in [5, 5.41) is 0. The van der Waals surface area contributed by atoms with Crippen molar-refractivity contribution >= 4 is 0 Å². The van der Waals surface area contributed by atoms with Gasteiger partial charge in [0.05, 0.1) is 0 Å². The van der Waals surface area contributed by atoms with Crippen molar-refractivity contribution in [2.24, 2.45) is 17.6 Å². The third-order valence-corrected chi connectivity index (χ3v) is 4.61. The molecule has 0 aromatic rings. The van der Waals surface area contributed by atoms with Gasteiger partial charge in [-0.05, 0) is 57.7 Å². The molecule has 0 spiro atoms. The van der Waals surface area contributed by atoms with Crippen LogP contribution in [0.25, 0.3) is 0 Å². The molecule has 1 aliphatic carbocycles. The summed E-state index contributed by atoms with van der Waals surface area (Å²) in [6.45, 7) is 8.59. The van der Waals surface area contributed by atoms with Gasteiger partial charge >= 0.3 is 0 Å². The molecular formula is C14H29N3. The van der Waals surface area contributed by atoms with Crippen LogP contribution in [0.3, 0.4) is 0 Å². The normalized spacial score (nSPS) is 37.9. The Hall–Kier alpha value is -0.120. The van der Waals surface area contributed by atoms with E-state index in [4.69, 9.17) is 5.73 Å². The van der Waals surface area contributed by atoms with Gasteiger partial charge in [-0.15, -0.1) is 0 Å². The molecular weight excluding hydrogens is 210 g/mol. The molecule has 0 amide bonds. The monoisotopic (exact) mass is 239 g/mol. The third kappa shape index (κ3) is 3.94. The highest BCUT2D eigenvalue weighted by molar-refractivity contribution is 4.84. The summed E-state index contributed by atoms with van der Waals surface area (Å²) in [5.74, 6) is 1.62. The van der Waals surface area contributed by atoms with Gasteiger partial charge in [0.1, 0.15) is 0 Å². The van der Waals surface area contributed by atoms with Crippen LogP contribution in [0.1, 0.15) is 32.6 Å². The number of rotatable bonds is 2. The second-order valence-corrected chi connectivity index (χ2v) is 6.30. The van der Waals surface area contributed by atoms with E-state index in [1.165, 1.54) is 58.4 Å². The Kier molecular flexibility index (Phi) is 4.83. The van der Waals surface area contributed by atoms with Gasteiger partial charge in [-0.3, -0.25) is 0 Å². The van der Waals surface area contributed by atoms with Crippen LogP contribution in [0.2, 0.25) is 0 Å². The van der Waals surface area contributed by atoms with Crippen LogP contribution in [0.15, 0.2) is 0 Å². The van der Waals surface area contributed by atoms with Crippen molar-refractivity contribution in [1.82, 2.24) is 9.80 Å². The zero-order valence-corrected chi connectivity index (χ0v) is 11.6. The van der Waals surface area contributed by atoms with Gasteiger partial charge in [0.25, 0.3) is 0 Å². The smallest absolute Gasteiger partial charge is 0.0109 e. The van der Waals surface area contributed by atoms with Crippen LogP contribution in [0.4, 0.5) is 0 Å². The number of nitrogens with two attached hydrogens (primary N) is 1. The summed E-state index contributed by atoms with van der Waals surface area (Å²) >= 11 is 0. The van der Waals surface area contributed by atoms with Crippen LogP contribution in [0, 0.1) is 11.8 Å². The molecule has 3 unspecified atom stereocenters. The van der Waals surface area contributed by atoms with Gasteiger partial charge < -0.3 is 15.5 Å². The fourth-order valence-electron chi connectivity index (χ4n) is 3.35. The SMILES string of the molecule is CC1CCC(N)C(CN2CCCN(C)CC2)C1. The molecule has 0 radical (unpaired) electrons. The second kappa shape index (κ2) is 6.17. The maximum absolute atomic E-state index is 6.29. The molecule has 3 nitrogen and oxygen atoms in total. The number of hydrogen-bond acceptors (Lipinski definition) is 3. The average Bonchev–Trinajstić information content (AvgIpc) is 2.49. The Balaban J connectivity index is 1.82. The van der Waals surface area contributed by atoms with Gasteiger partial charge in [0, 0.05) is 25.7 Å². The molecule has 2 N–H and O–H groups in total. The second-order valence-electron chi connectivity index (χ2n) is 6.30. The molecule has 1 saturated heterocycles. The van der Waals surface area contributed by atoms with Crippen molar-refractivity contribution in [3.63, 3.8) is 0 Å². The third-order valence-electron chi connectivity index (χ3n) is 4.61. The van der Waals surface area contributed by atoms with E-state index in [2.05, 4.69) is 23.8 Å². The molecule has 2 fully saturated rings. The lowest BCUT2D eigenvalue weighted by atomic mass is 9.79. The number of nitrogens with zero attached hydrogens (tertiary/aromatic N) is 2. The fourth-order valence-corrected chi connectivity index (χ4v) is 3.35. The minimum atomic E-state index is 0.451. The Morgan fingerprint density at radius 3 is 2.76 bits per heavy atom. The summed E-state index contributed by atoms with van der Waals surface area (Å²) in [6, 6.07) is 0.451. The maximum Gasteiger partial charge on any atom is 0.0109 e. The van der Waals surface area contributed by atoms with E-state index in [-0.39, 0.29) is 0 Å². The van der Waals surface area contributed by atoms with E-state index in [1.54, 1.807) is 0 Å². The van der Waals surface area contributed by atoms with E-state index in [0.717, 1.165) is 11.8 Å². The van der Waals surface area contributed by atoms with Crippen LogP contribution in [0.5, 0.6) is 0 Å². The highest BCUT2D eigenvalue weighted by Gasteiger charge is 2.27. The summed E-state index contributed by atoms with van der Waals surface area (Å²) in [7, 11) is 2.23. The predicted molar refractivity (Wildman–Crippen MR) is 73.0 cm³/mol. The van der Waals surface area contributed by atoms with Crippen LogP contribution in [-0.4, -0.2) is 55.6 Å². The highest BCUT2D eigenvalue weighted by Crippen LogP contribution is 2.28. The Morgan fingerprint density at radius 1 is 1.12 bits per heavy atom. The van der Waals surface area contributed by atoms with Crippen LogP contribution < -0.4 is 5.73 Å². The Labute approximate surface area is 106 Å². The molecule has 2 rings (SSSR count). The molecule has 3 atom stereocenters. The van der Waals surface area contributed by atoms with Gasteiger partial charge in [-0.1, -0.05) is 6.92 Å². The first-order valence-electron chi connectivity index (χ1n) is 7.31. The summed E-state index contributed by atoms with van der Waals surface area (Å²) in [5.41, 5.74) is 6.29. The first-order chi connectivity index (χ1) is 8.15. The predicted octanol–water partition coefficient (Wildman–Crippen LogP) is 1.39. The lowest BCUT2D eigenvalue weighted by Gasteiger charge is -2.36. The van der Waals surface area contributed by atoms with E-state index in [1.807, 2.05) is 0 Å². The standard InChI is InChI=1S/C14H29N3/c1-12-4-5-14(15)13(10-12)11-17-7-3-6-16(2)8-9-17/h12-14H,3-11,15H2,1-2H3. The highest BCUT2D eigenvalue weighted by atomic mass is 15.2. The molecule has 0 bridgehead atoms. The quantitative estimate of drug-likeness (QED) is 0.790. The van der Waals surface area contributed by atoms with Crippen molar-refractivity contribution in [2.45, 2.75) is 38.6 Å². The topological polar surface area (TPSA) is 32.5 Å². The zero-order chi connectivity index (χ0) is 12.3. The lowest BCUT2D eigenvalue weighted by Crippen LogP contribution is -2.43.